The normalized spacial score (nSPS) is 17.8. The molecular formula is C44H39N3+2. The van der Waals surface area contributed by atoms with Crippen LogP contribution < -0.4 is 9.13 Å². The second-order valence-electron chi connectivity index (χ2n) is 14.9. The first kappa shape index (κ1) is 27.1. The zero-order valence-corrected chi connectivity index (χ0v) is 27.4. The van der Waals surface area contributed by atoms with Gasteiger partial charge in [-0.1, -0.05) is 57.2 Å². The maximum Gasteiger partial charge on any atom is 0.213 e. The Morgan fingerprint density at radius 1 is 0.638 bits per heavy atom. The van der Waals surface area contributed by atoms with Gasteiger partial charge >= 0.3 is 0 Å². The van der Waals surface area contributed by atoms with Crippen molar-refractivity contribution in [1.82, 2.24) is 4.40 Å². The van der Waals surface area contributed by atoms with E-state index in [9.17, 15) is 0 Å². The van der Waals surface area contributed by atoms with Crippen LogP contribution in [0.1, 0.15) is 62.3 Å². The highest BCUT2D eigenvalue weighted by atomic mass is 15.0. The van der Waals surface area contributed by atoms with Gasteiger partial charge in [-0.25, -0.2) is 0 Å². The molecule has 3 nitrogen and oxygen atoms in total. The number of aryl methyl sites for hydroxylation is 2. The average Bonchev–Trinajstić information content (AvgIpc) is 3.60. The SMILES string of the molecule is CC(C)(C)c1cc2c3ccccc3n3c4cc5c(cc4c(c1)c23)-c1cccc[n+]1CCC1C(CC5)c2ccccc2-c2cccc[n+]21. The zero-order chi connectivity index (χ0) is 31.4. The van der Waals surface area contributed by atoms with Gasteiger partial charge in [-0.2, -0.15) is 9.13 Å². The molecule has 8 aromatic rings. The molecule has 0 saturated carbocycles. The van der Waals surface area contributed by atoms with Crippen molar-refractivity contribution in [3.05, 3.63) is 138 Å². The molecule has 0 aliphatic carbocycles. The Kier molecular flexibility index (Phi) is 5.63. The minimum atomic E-state index is 0.0579. The number of pyridine rings is 2. The standard InChI is InChI=1S/C44H39N3/c1-44(2,3)29-25-36-32-14-6-7-17-41(32)47-42-24-28-18-19-33-30-12-4-5-13-31(30)39-16-9-11-22-46(39)40(33)20-23-45-21-10-8-15-38(45)34(28)27-35(42)37(26-29)43(36)47/h4-17,21-22,24-27,33,40H,18-20,23H2,1-3H3/q+2. The van der Waals surface area contributed by atoms with Crippen molar-refractivity contribution < 1.29 is 9.13 Å². The predicted octanol–water partition coefficient (Wildman–Crippen LogP) is 9.72. The smallest absolute Gasteiger partial charge is 0.213 e. The van der Waals surface area contributed by atoms with Crippen LogP contribution in [-0.4, -0.2) is 4.40 Å². The predicted molar refractivity (Wildman–Crippen MR) is 192 cm³/mol. The minimum absolute atomic E-state index is 0.0579. The van der Waals surface area contributed by atoms with Crippen LogP contribution in [0, 0.1) is 0 Å². The molecule has 10 rings (SSSR count). The number of hydrogen-bond donors (Lipinski definition) is 0. The van der Waals surface area contributed by atoms with Gasteiger partial charge in [0.15, 0.2) is 25.0 Å². The number of hydrogen-bond acceptors (Lipinski definition) is 0. The Bertz CT molecular complexity index is 2530. The lowest BCUT2D eigenvalue weighted by Crippen LogP contribution is -2.50. The highest BCUT2D eigenvalue weighted by molar-refractivity contribution is 6.24. The van der Waals surface area contributed by atoms with E-state index in [-0.39, 0.29) is 5.41 Å². The topological polar surface area (TPSA) is 12.2 Å². The highest BCUT2D eigenvalue weighted by Crippen LogP contribution is 2.46. The Hall–Kier alpha value is -5.02. The van der Waals surface area contributed by atoms with Gasteiger partial charge in [-0.05, 0) is 83.5 Å². The van der Waals surface area contributed by atoms with E-state index in [0.717, 1.165) is 25.8 Å². The van der Waals surface area contributed by atoms with E-state index in [2.05, 4.69) is 156 Å². The van der Waals surface area contributed by atoms with Crippen molar-refractivity contribution in [1.29, 1.82) is 0 Å². The molecule has 0 fully saturated rings. The van der Waals surface area contributed by atoms with Crippen molar-refractivity contribution in [3.8, 4) is 22.5 Å². The van der Waals surface area contributed by atoms with Crippen molar-refractivity contribution in [2.24, 2.45) is 0 Å². The molecule has 2 aliphatic rings. The fourth-order valence-electron chi connectivity index (χ4n) is 9.08. The van der Waals surface area contributed by atoms with Crippen molar-refractivity contribution in [3.63, 3.8) is 0 Å². The number of aromatic nitrogens is 3. The monoisotopic (exact) mass is 609 g/mol. The maximum absolute atomic E-state index is 2.58. The molecule has 47 heavy (non-hydrogen) atoms. The van der Waals surface area contributed by atoms with Crippen LogP contribution in [0.15, 0.2) is 122 Å². The summed E-state index contributed by atoms with van der Waals surface area (Å²) >= 11 is 0. The quantitative estimate of drug-likeness (QED) is 0.152. The largest absolute Gasteiger partial charge is 0.308 e. The van der Waals surface area contributed by atoms with E-state index in [1.165, 1.54) is 77.3 Å². The first-order valence-electron chi connectivity index (χ1n) is 17.3. The summed E-state index contributed by atoms with van der Waals surface area (Å²) in [5, 5.41) is 5.44. The molecule has 0 saturated heterocycles. The third-order valence-corrected chi connectivity index (χ3v) is 11.3. The second-order valence-corrected chi connectivity index (χ2v) is 14.9. The van der Waals surface area contributed by atoms with E-state index in [4.69, 9.17) is 0 Å². The maximum atomic E-state index is 2.58. The summed E-state index contributed by atoms with van der Waals surface area (Å²) in [5.74, 6) is 0.448. The molecule has 0 N–H and O–H groups in total. The molecule has 2 unspecified atom stereocenters. The van der Waals surface area contributed by atoms with Gasteiger partial charge < -0.3 is 4.40 Å². The summed E-state index contributed by atoms with van der Waals surface area (Å²) in [7, 11) is 0. The molecule has 0 radical (unpaired) electrons. The molecule has 4 aromatic heterocycles. The lowest BCUT2D eigenvalue weighted by molar-refractivity contribution is -0.738. The first-order chi connectivity index (χ1) is 23.0. The highest BCUT2D eigenvalue weighted by Gasteiger charge is 2.41. The zero-order valence-electron chi connectivity index (χ0n) is 27.4. The van der Waals surface area contributed by atoms with E-state index in [1.807, 2.05) is 0 Å². The summed E-state index contributed by atoms with van der Waals surface area (Å²) in [5.41, 5.74) is 13.8. The Labute approximate surface area is 275 Å². The van der Waals surface area contributed by atoms with Gasteiger partial charge in [0, 0.05) is 57.3 Å². The van der Waals surface area contributed by atoms with Crippen molar-refractivity contribution in [2.75, 3.05) is 0 Å². The number of nitrogens with zero attached hydrogens (tertiary/aromatic N) is 3. The fourth-order valence-corrected chi connectivity index (χ4v) is 9.08. The van der Waals surface area contributed by atoms with E-state index < -0.39 is 0 Å². The molecule has 0 bridgehead atoms. The number of benzene rings is 4. The molecule has 0 amide bonds. The summed E-state index contributed by atoms with van der Waals surface area (Å²) in [6.45, 7) is 7.99. The van der Waals surface area contributed by atoms with Crippen LogP contribution >= 0.6 is 0 Å². The van der Waals surface area contributed by atoms with Crippen LogP contribution in [0.2, 0.25) is 0 Å². The third-order valence-electron chi connectivity index (χ3n) is 11.3. The number of rotatable bonds is 0. The van der Waals surface area contributed by atoms with Gasteiger partial charge in [-0.3, -0.25) is 0 Å². The van der Waals surface area contributed by atoms with Crippen LogP contribution in [-0.2, 0) is 18.4 Å². The third kappa shape index (κ3) is 3.86. The van der Waals surface area contributed by atoms with E-state index in [1.54, 1.807) is 0 Å². The Morgan fingerprint density at radius 3 is 2.26 bits per heavy atom. The summed E-state index contributed by atoms with van der Waals surface area (Å²) in [6, 6.07) is 42.0. The molecule has 0 spiro atoms. The lowest BCUT2D eigenvalue weighted by atomic mass is 9.78. The molecule has 2 atom stereocenters. The van der Waals surface area contributed by atoms with Crippen molar-refractivity contribution in [2.45, 2.75) is 64.0 Å². The number of para-hydroxylation sites is 1. The molecule has 228 valence electrons. The Morgan fingerprint density at radius 2 is 1.38 bits per heavy atom. The first-order valence-corrected chi connectivity index (χ1v) is 17.3. The van der Waals surface area contributed by atoms with Crippen molar-refractivity contribution >= 4 is 38.1 Å². The summed E-state index contributed by atoms with van der Waals surface area (Å²) in [6.07, 6.45) is 7.85. The molecule has 3 heteroatoms. The van der Waals surface area contributed by atoms with Gasteiger partial charge in [0.25, 0.3) is 0 Å². The minimum Gasteiger partial charge on any atom is -0.308 e. The molecule has 6 heterocycles. The lowest BCUT2D eigenvalue weighted by Gasteiger charge is -2.31. The van der Waals surface area contributed by atoms with Crippen LogP contribution in [0.3, 0.4) is 0 Å². The molecule has 2 aliphatic heterocycles. The van der Waals surface area contributed by atoms with E-state index >= 15 is 0 Å². The van der Waals surface area contributed by atoms with Crippen LogP contribution in [0.4, 0.5) is 0 Å². The summed E-state index contributed by atoms with van der Waals surface area (Å²) in [4.78, 5) is 0. The van der Waals surface area contributed by atoms with Gasteiger partial charge in [0.05, 0.1) is 28.5 Å². The number of fused-ring (bicyclic) bond motifs is 15. The summed E-state index contributed by atoms with van der Waals surface area (Å²) < 4.78 is 7.65. The molecule has 4 aromatic carbocycles. The molecular weight excluding hydrogens is 571 g/mol. The van der Waals surface area contributed by atoms with E-state index in [0.29, 0.717) is 12.0 Å². The van der Waals surface area contributed by atoms with Crippen LogP contribution in [0.25, 0.3) is 60.6 Å². The second kappa shape index (κ2) is 9.75. The average molecular weight is 610 g/mol. The van der Waals surface area contributed by atoms with Gasteiger partial charge in [0.2, 0.25) is 11.4 Å². The fraction of sp³-hybridized carbons (Fsp3) is 0.227. The van der Waals surface area contributed by atoms with Gasteiger partial charge in [-0.15, -0.1) is 0 Å². The van der Waals surface area contributed by atoms with Crippen LogP contribution in [0.5, 0.6) is 0 Å². The van der Waals surface area contributed by atoms with Gasteiger partial charge in [0.1, 0.15) is 0 Å². The Balaban J connectivity index is 1.25.